The number of terminal acetylenes is 2. The Morgan fingerprint density at radius 1 is 0.673 bits per heavy atom. The van der Waals surface area contributed by atoms with Crippen LogP contribution in [-0.2, 0) is 22.4 Å². The van der Waals surface area contributed by atoms with Crippen LogP contribution >= 0.6 is 0 Å². The minimum atomic E-state index is -1.13. The highest BCUT2D eigenvalue weighted by Crippen LogP contribution is 2.66. The molecule has 4 fully saturated rings. The number of carbonyl (C=O) groups is 2. The number of hydrogen-bond donors (Lipinski definition) is 4. The van der Waals surface area contributed by atoms with E-state index in [1.807, 2.05) is 0 Å². The molecule has 6 aliphatic rings. The van der Waals surface area contributed by atoms with Crippen LogP contribution in [0.15, 0.2) is 36.4 Å². The third-order valence-electron chi connectivity index (χ3n) is 15.1. The van der Waals surface area contributed by atoms with Crippen LogP contribution in [-0.4, -0.2) is 43.6 Å². The number of aliphatic hydroxyl groups is 2. The fourth-order valence-corrected chi connectivity index (χ4v) is 12.4. The van der Waals surface area contributed by atoms with E-state index >= 15 is 0 Å². The van der Waals surface area contributed by atoms with E-state index in [9.17, 15) is 30.0 Å². The van der Waals surface area contributed by atoms with Gasteiger partial charge in [-0.15, -0.1) is 12.8 Å². The second-order valence-corrected chi connectivity index (χ2v) is 17.0. The number of ether oxygens (including phenoxy) is 2. The van der Waals surface area contributed by atoms with Gasteiger partial charge < -0.3 is 29.9 Å². The molecule has 0 bridgehead atoms. The average Bonchev–Trinajstić information content (AvgIpc) is 3.55. The van der Waals surface area contributed by atoms with Gasteiger partial charge in [0.25, 0.3) is 0 Å². The van der Waals surface area contributed by atoms with E-state index in [2.05, 4.69) is 25.7 Å². The third-order valence-corrected chi connectivity index (χ3v) is 15.1. The van der Waals surface area contributed by atoms with Crippen molar-refractivity contribution in [2.75, 3.05) is 0 Å². The molecule has 0 saturated heterocycles. The predicted octanol–water partition coefficient (Wildman–Crippen LogP) is 6.61. The molecule has 2 unspecified atom stereocenters. The summed E-state index contributed by atoms with van der Waals surface area (Å²) >= 11 is 0. The van der Waals surface area contributed by atoms with Crippen molar-refractivity contribution >= 4 is 11.9 Å². The summed E-state index contributed by atoms with van der Waals surface area (Å²) < 4.78 is 11.7. The summed E-state index contributed by atoms with van der Waals surface area (Å²) in [6, 6.07) is 6.41. The van der Waals surface area contributed by atoms with Gasteiger partial charge in [0.05, 0.1) is 0 Å². The highest BCUT2D eigenvalue weighted by Gasteiger charge is 2.62. The maximum atomic E-state index is 13.2. The van der Waals surface area contributed by atoms with Crippen LogP contribution < -0.4 is 9.47 Å². The van der Waals surface area contributed by atoms with Crippen molar-refractivity contribution in [1.29, 1.82) is 0 Å². The minimum Gasteiger partial charge on any atom is -0.508 e. The Balaban J connectivity index is 0.996. The van der Waals surface area contributed by atoms with Gasteiger partial charge in [-0.25, -0.2) is 9.59 Å². The van der Waals surface area contributed by atoms with Crippen molar-refractivity contribution < 1.29 is 39.5 Å². The first-order chi connectivity index (χ1) is 24.7. The summed E-state index contributed by atoms with van der Waals surface area (Å²) in [5.74, 6) is 5.56. The molecule has 0 heterocycles. The molecular weight excluding hydrogens is 656 g/mol. The molecular formula is C44H48O8. The van der Waals surface area contributed by atoms with Gasteiger partial charge in [-0.2, -0.15) is 0 Å². The second kappa shape index (κ2) is 12.2. The van der Waals surface area contributed by atoms with Gasteiger partial charge in [-0.05, 0) is 136 Å². The van der Waals surface area contributed by atoms with E-state index in [-0.39, 0.29) is 69.3 Å². The van der Waals surface area contributed by atoms with E-state index in [1.165, 1.54) is 12.1 Å². The number of rotatable bonds is 4. The fourth-order valence-electron chi connectivity index (χ4n) is 12.4. The summed E-state index contributed by atoms with van der Waals surface area (Å²) in [6.45, 7) is 4.23. The number of hydrogen-bond acceptors (Lipinski definition) is 8. The zero-order chi connectivity index (χ0) is 36.8. The molecule has 8 heteroatoms. The number of esters is 2. The monoisotopic (exact) mass is 704 g/mol. The Morgan fingerprint density at radius 2 is 1.08 bits per heavy atom. The van der Waals surface area contributed by atoms with Crippen molar-refractivity contribution in [3.8, 4) is 47.7 Å². The highest BCUT2D eigenvalue weighted by molar-refractivity contribution is 5.93. The standard InChI is InChI=1S/C44H48O8/c1-5-43(49)19-15-33-29-9-7-25-21-27(45)23-35(39(25)31(29)13-17-41(33,43)3)51-37(47)11-12-38(48)52-36-24-28(46)22-26-8-10-30-32(40(26)36)14-18-42(4)34(30)16-20-44(42,50)6-2/h1-2,11-12,21-24,29-34,45-46,49-50H,7-10,13-20H2,3-4H3/b12-11+/t29-,30-,31+,32+,33+,34+,41?,42?,43+,44+/m1/s1. The molecule has 272 valence electrons. The molecule has 0 aromatic heterocycles. The molecule has 52 heavy (non-hydrogen) atoms. The summed E-state index contributed by atoms with van der Waals surface area (Å²) in [5.41, 5.74) is 0.677. The number of phenolic OH excluding ortho intramolecular Hbond substituents is 2. The van der Waals surface area contributed by atoms with Crippen molar-refractivity contribution in [3.63, 3.8) is 0 Å². The molecule has 4 N–H and O–H groups in total. The number of aryl methyl sites for hydroxylation is 2. The normalized spacial score (nSPS) is 38.3. The molecule has 10 atom stereocenters. The Labute approximate surface area is 305 Å². The Kier molecular flexibility index (Phi) is 8.14. The van der Waals surface area contributed by atoms with E-state index in [4.69, 9.17) is 22.3 Å². The highest BCUT2D eigenvalue weighted by atomic mass is 16.5. The van der Waals surface area contributed by atoms with Crippen molar-refractivity contribution in [2.24, 2.45) is 34.5 Å². The van der Waals surface area contributed by atoms with Crippen LogP contribution in [0.1, 0.15) is 112 Å². The molecule has 0 spiro atoms. The summed E-state index contributed by atoms with van der Waals surface area (Å²) in [6.07, 6.45) is 22.8. The zero-order valence-corrected chi connectivity index (χ0v) is 30.0. The SMILES string of the molecule is C#C[C@]1(O)CC[C@H]2[C@@H]3CCc4cc(O)cc(OC(=O)/C=C/C(=O)Oc5cc(O)cc6c5[C@H]5CCC7(C)[C@@H](CC[C@@]7(O)C#C)[C@@H]5CC6)c4[C@H]3CCC21C. The zero-order valence-electron chi connectivity index (χ0n) is 30.0. The van der Waals surface area contributed by atoms with Gasteiger partial charge >= 0.3 is 11.9 Å². The summed E-state index contributed by atoms with van der Waals surface area (Å²) in [5, 5.41) is 43.8. The molecule has 2 aromatic carbocycles. The summed E-state index contributed by atoms with van der Waals surface area (Å²) in [7, 11) is 0. The van der Waals surface area contributed by atoms with Gasteiger partial charge in [0.2, 0.25) is 0 Å². The van der Waals surface area contributed by atoms with Crippen LogP contribution in [0.2, 0.25) is 0 Å². The number of carbonyl (C=O) groups excluding carboxylic acids is 2. The molecule has 8 rings (SSSR count). The molecule has 8 nitrogen and oxygen atoms in total. The number of benzene rings is 2. The van der Waals surface area contributed by atoms with Crippen LogP contribution in [0.3, 0.4) is 0 Å². The molecule has 6 aliphatic carbocycles. The number of aromatic hydroxyl groups is 2. The smallest absolute Gasteiger partial charge is 0.336 e. The fraction of sp³-hybridized carbons (Fsp3) is 0.545. The molecule has 2 aromatic rings. The van der Waals surface area contributed by atoms with Crippen LogP contribution in [0.5, 0.6) is 23.0 Å². The van der Waals surface area contributed by atoms with Gasteiger partial charge in [-0.3, -0.25) is 0 Å². The van der Waals surface area contributed by atoms with Crippen molar-refractivity contribution in [1.82, 2.24) is 0 Å². The predicted molar refractivity (Wildman–Crippen MR) is 193 cm³/mol. The van der Waals surface area contributed by atoms with Crippen LogP contribution in [0.25, 0.3) is 0 Å². The summed E-state index contributed by atoms with van der Waals surface area (Å²) in [4.78, 5) is 26.5. The maximum Gasteiger partial charge on any atom is 0.336 e. The van der Waals surface area contributed by atoms with E-state index < -0.39 is 23.1 Å². The lowest BCUT2D eigenvalue weighted by molar-refractivity contribution is -0.131. The average molecular weight is 705 g/mol. The molecule has 0 aliphatic heterocycles. The van der Waals surface area contributed by atoms with E-state index in [0.717, 1.165) is 85.8 Å². The first-order valence-electron chi connectivity index (χ1n) is 19.0. The largest absolute Gasteiger partial charge is 0.508 e. The lowest BCUT2D eigenvalue weighted by atomic mass is 9.53. The topological polar surface area (TPSA) is 134 Å². The quantitative estimate of drug-likeness (QED) is 0.121. The second-order valence-electron chi connectivity index (χ2n) is 17.0. The number of phenols is 2. The Bertz CT molecular complexity index is 1830. The lowest BCUT2D eigenvalue weighted by Crippen LogP contribution is -2.50. The number of fused-ring (bicyclic) bond motifs is 10. The lowest BCUT2D eigenvalue weighted by Gasteiger charge is -2.52. The van der Waals surface area contributed by atoms with Crippen LogP contribution in [0, 0.1) is 59.2 Å². The van der Waals surface area contributed by atoms with Gasteiger partial charge in [-0.1, -0.05) is 25.7 Å². The first kappa shape index (κ1) is 34.8. The van der Waals surface area contributed by atoms with Crippen molar-refractivity contribution in [3.05, 3.63) is 58.7 Å². The van der Waals surface area contributed by atoms with Crippen molar-refractivity contribution in [2.45, 2.75) is 114 Å². The van der Waals surface area contributed by atoms with Gasteiger partial charge in [0.1, 0.15) is 34.2 Å². The Morgan fingerprint density at radius 3 is 1.46 bits per heavy atom. The Hall–Kier alpha value is -4.24. The maximum absolute atomic E-state index is 13.2. The van der Waals surface area contributed by atoms with E-state index in [1.54, 1.807) is 12.1 Å². The molecule has 0 radical (unpaired) electrons. The minimum absolute atomic E-state index is 0.00294. The van der Waals surface area contributed by atoms with Gasteiger partial charge in [0, 0.05) is 46.2 Å². The molecule has 0 amide bonds. The van der Waals surface area contributed by atoms with Gasteiger partial charge in [0.15, 0.2) is 0 Å². The van der Waals surface area contributed by atoms with Crippen LogP contribution in [0.4, 0.5) is 0 Å². The first-order valence-corrected chi connectivity index (χ1v) is 19.0. The molecule has 4 saturated carbocycles. The third kappa shape index (κ3) is 5.05. The van der Waals surface area contributed by atoms with E-state index in [0.29, 0.717) is 25.7 Å².